The standard InChI is InChI=1S/C16H15FO2/c1-11-3-6-13(15(9-11)16(18)19-2)10-12-4-7-14(17)8-5-12/h3-9H,10H2,1-2H3. The van der Waals surface area contributed by atoms with E-state index in [0.29, 0.717) is 12.0 Å². The molecule has 2 aromatic carbocycles. The van der Waals surface area contributed by atoms with Crippen LogP contribution in [-0.4, -0.2) is 13.1 Å². The number of rotatable bonds is 3. The number of carbonyl (C=O) groups excluding carboxylic acids is 1. The van der Waals surface area contributed by atoms with Gasteiger partial charge in [0, 0.05) is 0 Å². The van der Waals surface area contributed by atoms with E-state index in [4.69, 9.17) is 4.74 Å². The summed E-state index contributed by atoms with van der Waals surface area (Å²) in [5, 5.41) is 0. The second-order valence-corrected chi connectivity index (χ2v) is 4.46. The first-order chi connectivity index (χ1) is 9.10. The van der Waals surface area contributed by atoms with E-state index in [1.165, 1.54) is 19.2 Å². The van der Waals surface area contributed by atoms with Gasteiger partial charge in [0.2, 0.25) is 0 Å². The Morgan fingerprint density at radius 2 is 1.84 bits per heavy atom. The van der Waals surface area contributed by atoms with Crippen molar-refractivity contribution in [3.8, 4) is 0 Å². The van der Waals surface area contributed by atoms with Crippen LogP contribution in [0.4, 0.5) is 4.39 Å². The molecule has 0 bridgehead atoms. The van der Waals surface area contributed by atoms with Crippen LogP contribution in [0, 0.1) is 12.7 Å². The van der Waals surface area contributed by atoms with Crippen molar-refractivity contribution < 1.29 is 13.9 Å². The summed E-state index contributed by atoms with van der Waals surface area (Å²) in [6.07, 6.45) is 0.574. The molecule has 98 valence electrons. The molecule has 0 unspecified atom stereocenters. The smallest absolute Gasteiger partial charge is 0.338 e. The van der Waals surface area contributed by atoms with E-state index in [9.17, 15) is 9.18 Å². The fourth-order valence-electron chi connectivity index (χ4n) is 1.97. The predicted molar refractivity (Wildman–Crippen MR) is 71.7 cm³/mol. The largest absolute Gasteiger partial charge is 0.465 e. The molecule has 2 rings (SSSR count). The summed E-state index contributed by atoms with van der Waals surface area (Å²) >= 11 is 0. The van der Waals surface area contributed by atoms with Gasteiger partial charge in [0.15, 0.2) is 0 Å². The lowest BCUT2D eigenvalue weighted by Crippen LogP contribution is -2.06. The second kappa shape index (κ2) is 5.65. The van der Waals surface area contributed by atoms with Crippen molar-refractivity contribution in [2.75, 3.05) is 7.11 Å². The molecule has 2 nitrogen and oxygen atoms in total. The molecule has 0 N–H and O–H groups in total. The van der Waals surface area contributed by atoms with Gasteiger partial charge in [0.1, 0.15) is 5.82 Å². The summed E-state index contributed by atoms with van der Waals surface area (Å²) in [7, 11) is 1.37. The van der Waals surface area contributed by atoms with Crippen molar-refractivity contribution in [3.05, 3.63) is 70.5 Å². The van der Waals surface area contributed by atoms with Crippen LogP contribution in [0.25, 0.3) is 0 Å². The van der Waals surface area contributed by atoms with Gasteiger partial charge in [0.25, 0.3) is 0 Å². The average Bonchev–Trinajstić information content (AvgIpc) is 2.42. The highest BCUT2D eigenvalue weighted by atomic mass is 19.1. The summed E-state index contributed by atoms with van der Waals surface area (Å²) in [5.74, 6) is -0.610. The van der Waals surface area contributed by atoms with Crippen molar-refractivity contribution in [1.29, 1.82) is 0 Å². The van der Waals surface area contributed by atoms with Crippen LogP contribution in [0.3, 0.4) is 0 Å². The number of ether oxygens (including phenoxy) is 1. The highest BCUT2D eigenvalue weighted by Gasteiger charge is 2.12. The summed E-state index contributed by atoms with van der Waals surface area (Å²) in [6, 6.07) is 11.9. The van der Waals surface area contributed by atoms with Crippen molar-refractivity contribution in [1.82, 2.24) is 0 Å². The molecule has 3 heteroatoms. The normalized spacial score (nSPS) is 10.3. The van der Waals surface area contributed by atoms with Crippen LogP contribution in [-0.2, 0) is 11.2 Å². The van der Waals surface area contributed by atoms with Crippen LogP contribution in [0.1, 0.15) is 27.0 Å². The lowest BCUT2D eigenvalue weighted by Gasteiger charge is -2.09. The SMILES string of the molecule is COC(=O)c1cc(C)ccc1Cc1ccc(F)cc1. The molecular weight excluding hydrogens is 243 g/mol. The van der Waals surface area contributed by atoms with Crippen LogP contribution >= 0.6 is 0 Å². The van der Waals surface area contributed by atoms with E-state index in [2.05, 4.69) is 0 Å². The van der Waals surface area contributed by atoms with Crippen LogP contribution in [0.5, 0.6) is 0 Å². The fourth-order valence-corrected chi connectivity index (χ4v) is 1.97. The average molecular weight is 258 g/mol. The lowest BCUT2D eigenvalue weighted by atomic mass is 9.98. The third kappa shape index (κ3) is 3.19. The zero-order valence-electron chi connectivity index (χ0n) is 10.9. The molecule has 0 amide bonds. The molecule has 0 saturated heterocycles. The molecule has 0 fully saturated rings. The Morgan fingerprint density at radius 1 is 1.16 bits per heavy atom. The maximum Gasteiger partial charge on any atom is 0.338 e. The summed E-state index contributed by atoms with van der Waals surface area (Å²) in [4.78, 5) is 11.7. The van der Waals surface area contributed by atoms with Crippen molar-refractivity contribution >= 4 is 5.97 Å². The zero-order chi connectivity index (χ0) is 13.8. The Bertz CT molecular complexity index is 588. The Balaban J connectivity index is 2.34. The van der Waals surface area contributed by atoms with Crippen LogP contribution < -0.4 is 0 Å². The first-order valence-electron chi connectivity index (χ1n) is 6.02. The van der Waals surface area contributed by atoms with Gasteiger partial charge in [-0.05, 0) is 42.7 Å². The number of benzene rings is 2. The third-order valence-electron chi connectivity index (χ3n) is 2.98. The van der Waals surface area contributed by atoms with E-state index < -0.39 is 0 Å². The third-order valence-corrected chi connectivity index (χ3v) is 2.98. The molecule has 0 heterocycles. The molecule has 0 aromatic heterocycles. The van der Waals surface area contributed by atoms with E-state index in [0.717, 1.165) is 16.7 Å². The number of carbonyl (C=O) groups is 1. The van der Waals surface area contributed by atoms with Gasteiger partial charge in [-0.25, -0.2) is 9.18 Å². The van der Waals surface area contributed by atoms with Crippen LogP contribution in [0.15, 0.2) is 42.5 Å². The van der Waals surface area contributed by atoms with Gasteiger partial charge < -0.3 is 4.74 Å². The molecule has 0 atom stereocenters. The van der Waals surface area contributed by atoms with E-state index >= 15 is 0 Å². The van der Waals surface area contributed by atoms with Gasteiger partial charge in [0.05, 0.1) is 12.7 Å². The summed E-state index contributed by atoms with van der Waals surface area (Å²) in [6.45, 7) is 1.92. The second-order valence-electron chi connectivity index (χ2n) is 4.46. The van der Waals surface area contributed by atoms with E-state index in [-0.39, 0.29) is 11.8 Å². The minimum absolute atomic E-state index is 0.263. The molecule has 19 heavy (non-hydrogen) atoms. The molecule has 0 saturated carbocycles. The van der Waals surface area contributed by atoms with Gasteiger partial charge in [-0.1, -0.05) is 29.8 Å². The molecular formula is C16H15FO2. The van der Waals surface area contributed by atoms with Crippen molar-refractivity contribution in [2.24, 2.45) is 0 Å². The van der Waals surface area contributed by atoms with Crippen molar-refractivity contribution in [2.45, 2.75) is 13.3 Å². The first-order valence-corrected chi connectivity index (χ1v) is 6.02. The highest BCUT2D eigenvalue weighted by molar-refractivity contribution is 5.91. The molecule has 0 aliphatic carbocycles. The molecule has 0 aliphatic heterocycles. The Morgan fingerprint density at radius 3 is 2.47 bits per heavy atom. The highest BCUT2D eigenvalue weighted by Crippen LogP contribution is 2.17. The molecule has 0 radical (unpaired) electrons. The number of halogens is 1. The number of aryl methyl sites for hydroxylation is 1. The van der Waals surface area contributed by atoms with E-state index in [1.54, 1.807) is 12.1 Å². The maximum absolute atomic E-state index is 12.9. The topological polar surface area (TPSA) is 26.3 Å². The van der Waals surface area contributed by atoms with Crippen LogP contribution in [0.2, 0.25) is 0 Å². The van der Waals surface area contributed by atoms with Gasteiger partial charge in [-0.2, -0.15) is 0 Å². The molecule has 0 spiro atoms. The quantitative estimate of drug-likeness (QED) is 0.787. The summed E-state index contributed by atoms with van der Waals surface area (Å²) in [5.41, 5.74) is 3.40. The number of esters is 1. The molecule has 0 aliphatic rings. The van der Waals surface area contributed by atoms with Gasteiger partial charge in [-0.3, -0.25) is 0 Å². The number of hydrogen-bond acceptors (Lipinski definition) is 2. The number of methoxy groups -OCH3 is 1. The monoisotopic (exact) mass is 258 g/mol. The zero-order valence-corrected chi connectivity index (χ0v) is 10.9. The van der Waals surface area contributed by atoms with E-state index in [1.807, 2.05) is 25.1 Å². The fraction of sp³-hybridized carbons (Fsp3) is 0.188. The van der Waals surface area contributed by atoms with Crippen molar-refractivity contribution in [3.63, 3.8) is 0 Å². The number of hydrogen-bond donors (Lipinski definition) is 0. The molecule has 2 aromatic rings. The summed E-state index contributed by atoms with van der Waals surface area (Å²) < 4.78 is 17.7. The Labute approximate surface area is 111 Å². The Kier molecular flexibility index (Phi) is 3.95. The maximum atomic E-state index is 12.9. The lowest BCUT2D eigenvalue weighted by molar-refractivity contribution is 0.0599. The minimum atomic E-state index is -0.346. The van der Waals surface area contributed by atoms with Gasteiger partial charge >= 0.3 is 5.97 Å². The minimum Gasteiger partial charge on any atom is -0.465 e. The Hall–Kier alpha value is -2.16. The predicted octanol–water partition coefficient (Wildman–Crippen LogP) is 3.51. The van der Waals surface area contributed by atoms with Gasteiger partial charge in [-0.15, -0.1) is 0 Å². The first kappa shape index (κ1) is 13.3.